The van der Waals surface area contributed by atoms with Crippen LogP contribution in [0.4, 0.5) is 0 Å². The second-order valence-electron chi connectivity index (χ2n) is 7.59. The van der Waals surface area contributed by atoms with Crippen LogP contribution in [0.1, 0.15) is 11.1 Å². The van der Waals surface area contributed by atoms with Gasteiger partial charge in [-0.1, -0.05) is 36.0 Å². The van der Waals surface area contributed by atoms with E-state index in [1.54, 1.807) is 14.2 Å². The minimum Gasteiger partial charge on any atom is -0.497 e. The Morgan fingerprint density at radius 2 is 1.58 bits per heavy atom. The van der Waals surface area contributed by atoms with Gasteiger partial charge in [-0.15, -0.1) is 0 Å². The Hall–Kier alpha value is -2.52. The largest absolute Gasteiger partial charge is 0.497 e. The Kier molecular flexibility index (Phi) is 6.24. The number of benzene rings is 2. The molecule has 2 aliphatic rings. The first-order valence-corrected chi connectivity index (χ1v) is 12.6. The smallest absolute Gasteiger partial charge is 0.252 e. The van der Waals surface area contributed by atoms with Gasteiger partial charge in [0.15, 0.2) is 15.0 Å². The summed E-state index contributed by atoms with van der Waals surface area (Å²) in [5.74, 6) is 1.44. The Bertz CT molecular complexity index is 1080. The van der Waals surface area contributed by atoms with Gasteiger partial charge in [-0.3, -0.25) is 4.79 Å². The third-order valence-corrected chi connectivity index (χ3v) is 8.67. The number of carbonyl (C=O) groups excluding carboxylic acids is 1. The molecule has 0 radical (unpaired) electrons. The Morgan fingerprint density at radius 1 is 1.00 bits per heavy atom. The van der Waals surface area contributed by atoms with Crippen LogP contribution in [0.3, 0.4) is 0 Å². The average molecular weight is 461 g/mol. The molecule has 0 saturated carbocycles. The van der Waals surface area contributed by atoms with E-state index < -0.39 is 9.84 Å². The summed E-state index contributed by atoms with van der Waals surface area (Å²) in [6.45, 7) is 0.488. The minimum absolute atomic E-state index is 0.0898. The summed E-state index contributed by atoms with van der Waals surface area (Å²) in [7, 11) is 0.123. The monoisotopic (exact) mass is 460 g/mol. The number of hydrogen-bond acceptors (Lipinski definition) is 6. The van der Waals surface area contributed by atoms with E-state index >= 15 is 0 Å². The topological polar surface area (TPSA) is 85.3 Å². The van der Waals surface area contributed by atoms with E-state index in [9.17, 15) is 13.2 Å². The predicted octanol–water partition coefficient (Wildman–Crippen LogP) is 2.54. The summed E-state index contributed by atoms with van der Waals surface area (Å²) < 4.78 is 34.7. The van der Waals surface area contributed by atoms with Crippen molar-refractivity contribution in [1.82, 2.24) is 4.90 Å². The summed E-state index contributed by atoms with van der Waals surface area (Å²) >= 11 is 1.39. The molecule has 7 nitrogen and oxygen atoms in total. The van der Waals surface area contributed by atoms with Gasteiger partial charge in [0.2, 0.25) is 0 Å². The van der Waals surface area contributed by atoms with Crippen molar-refractivity contribution in [2.75, 3.05) is 25.7 Å². The van der Waals surface area contributed by atoms with Crippen LogP contribution in [0.25, 0.3) is 0 Å². The van der Waals surface area contributed by atoms with Crippen LogP contribution in [0.2, 0.25) is 0 Å². The molecule has 1 amide bonds. The maximum Gasteiger partial charge on any atom is 0.252 e. The average Bonchev–Trinajstić information content (AvgIpc) is 3.21. The highest BCUT2D eigenvalue weighted by Crippen LogP contribution is 2.39. The third kappa shape index (κ3) is 5.04. The van der Waals surface area contributed by atoms with Crippen molar-refractivity contribution >= 4 is 32.7 Å². The summed E-state index contributed by atoms with van der Waals surface area (Å²) in [6.07, 6.45) is 0.179. The molecule has 0 spiro atoms. The van der Waals surface area contributed by atoms with Crippen LogP contribution in [0, 0.1) is 0 Å². The van der Waals surface area contributed by atoms with E-state index in [-0.39, 0.29) is 35.1 Å². The van der Waals surface area contributed by atoms with Crippen LogP contribution in [-0.4, -0.2) is 61.4 Å². The second-order valence-corrected chi connectivity index (χ2v) is 10.9. The van der Waals surface area contributed by atoms with E-state index in [2.05, 4.69) is 4.99 Å². The summed E-state index contributed by atoms with van der Waals surface area (Å²) in [5, 5.41) is 0.495. The lowest BCUT2D eigenvalue weighted by Gasteiger charge is -2.24. The van der Waals surface area contributed by atoms with Gasteiger partial charge in [-0.25, -0.2) is 8.42 Å². The van der Waals surface area contributed by atoms with Crippen molar-refractivity contribution in [3.63, 3.8) is 0 Å². The van der Waals surface area contributed by atoms with E-state index in [0.717, 1.165) is 22.6 Å². The lowest BCUT2D eigenvalue weighted by Crippen LogP contribution is -2.37. The third-order valence-electron chi connectivity index (χ3n) is 5.42. The van der Waals surface area contributed by atoms with Crippen LogP contribution in [-0.2, 0) is 27.6 Å². The van der Waals surface area contributed by atoms with Crippen LogP contribution in [0.5, 0.6) is 11.5 Å². The molecule has 0 aliphatic carbocycles. The number of fused-ring (bicyclic) bond motifs is 1. The van der Waals surface area contributed by atoms with Crippen LogP contribution in [0.15, 0.2) is 53.5 Å². The lowest BCUT2D eigenvalue weighted by atomic mass is 10.1. The van der Waals surface area contributed by atoms with Gasteiger partial charge in [0.05, 0.1) is 38.2 Å². The number of amidine groups is 1. The number of ether oxygens (including phenoxy) is 2. The van der Waals surface area contributed by atoms with Gasteiger partial charge >= 0.3 is 0 Å². The van der Waals surface area contributed by atoms with Crippen molar-refractivity contribution in [1.29, 1.82) is 0 Å². The SMILES string of the molecule is COc1ccc(CC(=O)N=C2S[C@H]3CS(=O)(=O)C[C@@H]3N2Cc2ccc(OC)cc2)cc1. The van der Waals surface area contributed by atoms with Gasteiger partial charge < -0.3 is 14.4 Å². The maximum atomic E-state index is 12.7. The number of nitrogens with zero attached hydrogens (tertiary/aromatic N) is 2. The first-order chi connectivity index (χ1) is 14.9. The Balaban J connectivity index is 1.54. The highest BCUT2D eigenvalue weighted by molar-refractivity contribution is 8.15. The summed E-state index contributed by atoms with van der Waals surface area (Å²) in [4.78, 5) is 19.0. The first kappa shape index (κ1) is 21.7. The minimum atomic E-state index is -3.08. The molecule has 2 aliphatic heterocycles. The maximum absolute atomic E-state index is 12.7. The van der Waals surface area contributed by atoms with Gasteiger partial charge in [-0.05, 0) is 35.4 Å². The number of aliphatic imine (C=N–C) groups is 1. The fourth-order valence-corrected chi connectivity index (χ4v) is 7.78. The quantitative estimate of drug-likeness (QED) is 0.655. The highest BCUT2D eigenvalue weighted by atomic mass is 32.2. The molecule has 2 atom stereocenters. The number of amides is 1. The molecular weight excluding hydrogens is 436 g/mol. The summed E-state index contributed by atoms with van der Waals surface area (Å²) in [5.41, 5.74) is 1.85. The second kappa shape index (κ2) is 8.92. The number of hydrogen-bond donors (Lipinski definition) is 0. The molecule has 2 aromatic rings. The zero-order valence-electron chi connectivity index (χ0n) is 17.4. The van der Waals surface area contributed by atoms with E-state index in [1.807, 2.05) is 53.4 Å². The number of carbonyl (C=O) groups is 1. The molecule has 0 N–H and O–H groups in total. The fourth-order valence-electron chi connectivity index (χ4n) is 3.81. The molecule has 0 unspecified atom stereocenters. The lowest BCUT2D eigenvalue weighted by molar-refractivity contribution is -0.117. The standard InChI is InChI=1S/C22H24N2O5S2/c1-28-17-7-3-15(4-8-17)11-21(25)23-22-24(12-16-5-9-18(29-2)10-6-16)19-13-31(26,27)14-20(19)30-22/h3-10,19-20H,11-14H2,1-2H3/t19-,20-/m0/s1. The van der Waals surface area contributed by atoms with E-state index in [1.165, 1.54) is 11.8 Å². The molecular formula is C22H24N2O5S2. The molecule has 31 heavy (non-hydrogen) atoms. The summed E-state index contributed by atoms with van der Waals surface area (Å²) in [6, 6.07) is 14.7. The molecule has 2 heterocycles. The number of methoxy groups -OCH3 is 2. The number of rotatable bonds is 6. The van der Waals surface area contributed by atoms with Crippen molar-refractivity contribution in [2.24, 2.45) is 4.99 Å². The highest BCUT2D eigenvalue weighted by Gasteiger charge is 2.48. The predicted molar refractivity (Wildman–Crippen MR) is 121 cm³/mol. The van der Waals surface area contributed by atoms with Crippen LogP contribution >= 0.6 is 11.8 Å². The van der Waals surface area contributed by atoms with Gasteiger partial charge in [-0.2, -0.15) is 4.99 Å². The molecule has 0 aromatic heterocycles. The van der Waals surface area contributed by atoms with Crippen molar-refractivity contribution in [3.05, 3.63) is 59.7 Å². The zero-order chi connectivity index (χ0) is 22.0. The van der Waals surface area contributed by atoms with Crippen molar-refractivity contribution < 1.29 is 22.7 Å². The van der Waals surface area contributed by atoms with E-state index in [0.29, 0.717) is 11.7 Å². The number of thioether (sulfide) groups is 1. The zero-order valence-corrected chi connectivity index (χ0v) is 19.0. The molecule has 2 aromatic carbocycles. The van der Waals surface area contributed by atoms with E-state index in [4.69, 9.17) is 9.47 Å². The normalized spacial score (nSPS) is 23.0. The van der Waals surface area contributed by atoms with Crippen LogP contribution < -0.4 is 9.47 Å². The molecule has 0 bridgehead atoms. The first-order valence-electron chi connectivity index (χ1n) is 9.88. The van der Waals surface area contributed by atoms with Gasteiger partial charge in [0.1, 0.15) is 11.5 Å². The molecule has 164 valence electrons. The Morgan fingerprint density at radius 3 is 2.16 bits per heavy atom. The number of sulfone groups is 1. The molecule has 4 rings (SSSR count). The van der Waals surface area contributed by atoms with Gasteiger partial charge in [0, 0.05) is 11.8 Å². The van der Waals surface area contributed by atoms with Crippen molar-refractivity contribution in [3.8, 4) is 11.5 Å². The Labute approximate surface area is 186 Å². The van der Waals surface area contributed by atoms with Gasteiger partial charge in [0.25, 0.3) is 5.91 Å². The molecule has 2 fully saturated rings. The molecule has 2 saturated heterocycles. The fraction of sp³-hybridized carbons (Fsp3) is 0.364. The molecule has 9 heteroatoms. The van der Waals surface area contributed by atoms with Crippen molar-refractivity contribution in [2.45, 2.75) is 24.3 Å².